The van der Waals surface area contributed by atoms with Gasteiger partial charge in [0.15, 0.2) is 0 Å². The summed E-state index contributed by atoms with van der Waals surface area (Å²) in [5.41, 5.74) is -30.2. The van der Waals surface area contributed by atoms with E-state index in [1.54, 1.807) is 0 Å². The largest absolute Gasteiger partial charge is 3.00 e. The summed E-state index contributed by atoms with van der Waals surface area (Å²) in [5, 5.41) is 0. The Morgan fingerprint density at radius 3 is 0.452 bits per heavy atom. The van der Waals surface area contributed by atoms with Crippen LogP contribution < -0.4 is 21.9 Å². The van der Waals surface area contributed by atoms with E-state index in [-0.39, 0.29) is 27.5 Å². The Morgan fingerprint density at radius 1 is 0.274 bits per heavy atom. The summed E-state index contributed by atoms with van der Waals surface area (Å²) < 4.78 is 341. The SMILES string of the molecule is CC1C(C)C(C)C(C)C1C.CP(C)C.FC(F)(F)c1cc([B-](c2cc(C(F)(F)F)cc(C(F)(F)F)c2)(c2cc(C(F)(F)F)cc(C(F)(F)F)c2)c2cc(C(F)(F)F)cc(C(F)(F)F)c2)cc(C(F)(F)F)c1.[13CH3-].[Ir+3]. The number of rotatable bonds is 4. The Kier molecular flexibility index (Phi) is 21.1. The van der Waals surface area contributed by atoms with Gasteiger partial charge in [0.25, 0.3) is 0 Å². The Hall–Kier alpha value is -3.66. The van der Waals surface area contributed by atoms with Crippen LogP contribution in [0.3, 0.4) is 0 Å². The van der Waals surface area contributed by atoms with Crippen LogP contribution in [-0.2, 0) is 69.5 Å². The van der Waals surface area contributed by atoms with Crippen molar-refractivity contribution in [2.45, 2.75) is 84.0 Å². The van der Waals surface area contributed by atoms with Crippen molar-refractivity contribution in [1.29, 1.82) is 0 Å². The smallest absolute Gasteiger partial charge is 0.358 e. The molecule has 0 spiro atoms. The zero-order valence-corrected chi connectivity index (χ0v) is 42.5. The van der Waals surface area contributed by atoms with Gasteiger partial charge in [0, 0.05) is 0 Å². The molecular formula is C46H44BF24IrP+. The van der Waals surface area contributed by atoms with Crippen molar-refractivity contribution in [3.63, 3.8) is 0 Å². The van der Waals surface area contributed by atoms with E-state index >= 15 is 0 Å². The summed E-state index contributed by atoms with van der Waals surface area (Å²) in [7, 11) is 0.380. The molecule has 0 radical (unpaired) electrons. The zero-order chi connectivity index (χ0) is 55.4. The van der Waals surface area contributed by atoms with Gasteiger partial charge in [0.1, 0.15) is 6.15 Å². The minimum absolute atomic E-state index is 0. The van der Waals surface area contributed by atoms with Crippen LogP contribution in [0, 0.1) is 37.0 Å². The van der Waals surface area contributed by atoms with Crippen molar-refractivity contribution in [2.75, 3.05) is 20.0 Å². The number of halogens is 24. The van der Waals surface area contributed by atoms with E-state index in [0.717, 1.165) is 29.6 Å². The standard InChI is InChI=1S/C32H12BF24.C10H20.C3H9P.CH3.Ir/c34-25(35,36)13-1-14(26(37,38)39)6-21(5-13)33(22-7-15(27(40,41)42)2-16(8-22)28(43,44)45,23-9-17(29(46,47)48)3-18(10-23)30(49,50)51)24-11-19(31(52,53)54)4-20(12-24)32(55,56)57;1-6-7(2)9(4)10(5)8(6)3;1-4(2)3;;/h1-12H;6-10H,1-5H3;1-3H3;1H3;/q-1;;;-1;+3/i;;;1+1;. The maximum atomic E-state index is 14.2. The minimum atomic E-state index is -6.13. The third-order valence-electron chi connectivity index (χ3n) is 12.6. The summed E-state index contributed by atoms with van der Waals surface area (Å²) in [6.07, 6.45) is -54.8. The maximum absolute atomic E-state index is 14.2. The molecule has 0 amide bonds. The molecule has 4 aromatic rings. The molecule has 1 aliphatic carbocycles. The molecule has 0 saturated heterocycles. The molecule has 0 N–H and O–H groups in total. The molecule has 73 heavy (non-hydrogen) atoms. The van der Waals surface area contributed by atoms with Crippen LogP contribution in [-0.4, -0.2) is 26.1 Å². The van der Waals surface area contributed by atoms with Crippen molar-refractivity contribution in [1.82, 2.24) is 0 Å². The van der Waals surface area contributed by atoms with Crippen molar-refractivity contribution in [2.24, 2.45) is 29.6 Å². The molecule has 0 nitrogen and oxygen atoms in total. The molecule has 1 aliphatic rings. The van der Waals surface area contributed by atoms with Crippen molar-refractivity contribution in [3.8, 4) is 0 Å². The van der Waals surface area contributed by atoms with E-state index in [1.807, 2.05) is 0 Å². The molecule has 1 saturated carbocycles. The molecule has 412 valence electrons. The van der Waals surface area contributed by atoms with Gasteiger partial charge in [0.2, 0.25) is 0 Å². The average molecular weight is 1290 g/mol. The number of hydrogen-bond acceptors (Lipinski definition) is 0. The first-order valence-electron chi connectivity index (χ1n) is 20.5. The molecule has 0 unspecified atom stereocenters. The fourth-order valence-electron chi connectivity index (χ4n) is 8.46. The molecule has 0 aromatic heterocycles. The van der Waals surface area contributed by atoms with Gasteiger partial charge < -0.3 is 7.43 Å². The monoisotopic (exact) mass is 1290 g/mol. The van der Waals surface area contributed by atoms with Crippen LogP contribution in [0.25, 0.3) is 0 Å². The molecule has 0 heterocycles. The number of alkyl halides is 24. The van der Waals surface area contributed by atoms with Crippen LogP contribution in [0.4, 0.5) is 105 Å². The fraction of sp³-hybridized carbons (Fsp3) is 0.457. The molecule has 27 heteroatoms. The number of benzene rings is 4. The molecular weight excluding hydrogens is 1240 g/mol. The van der Waals surface area contributed by atoms with Gasteiger partial charge in [-0.05, 0) is 73.8 Å². The van der Waals surface area contributed by atoms with Crippen LogP contribution in [0.2, 0.25) is 0 Å². The first kappa shape index (κ1) is 67.4. The van der Waals surface area contributed by atoms with Gasteiger partial charge >= 0.3 is 69.5 Å². The predicted molar refractivity (Wildman–Crippen MR) is 227 cm³/mol. The topological polar surface area (TPSA) is 0 Å². The second kappa shape index (κ2) is 22.9. The van der Waals surface area contributed by atoms with Gasteiger partial charge in [-0.3, -0.25) is 0 Å². The van der Waals surface area contributed by atoms with Crippen molar-refractivity contribution in [3.05, 3.63) is 125 Å². The molecule has 0 bridgehead atoms. The molecule has 0 atom stereocenters. The summed E-state index contributed by atoms with van der Waals surface area (Å²) in [5.74, 6) is 4.68. The van der Waals surface area contributed by atoms with Gasteiger partial charge in [0.05, 0.1) is 44.5 Å². The van der Waals surface area contributed by atoms with E-state index in [1.165, 1.54) is 0 Å². The Balaban J connectivity index is 0.00000144. The van der Waals surface area contributed by atoms with E-state index < -0.39 is 195 Å². The van der Waals surface area contributed by atoms with Crippen LogP contribution in [0.1, 0.15) is 79.1 Å². The maximum Gasteiger partial charge on any atom is 3.00 e. The van der Waals surface area contributed by atoms with Crippen molar-refractivity contribution >= 4 is 35.9 Å². The molecule has 4 aromatic carbocycles. The van der Waals surface area contributed by atoms with E-state index in [0.29, 0.717) is 7.92 Å². The Labute approximate surface area is 418 Å². The third-order valence-corrected chi connectivity index (χ3v) is 12.6. The van der Waals surface area contributed by atoms with Crippen LogP contribution in [0.15, 0.2) is 72.8 Å². The third kappa shape index (κ3) is 16.2. The second-order valence-electron chi connectivity index (χ2n) is 17.9. The summed E-state index contributed by atoms with van der Waals surface area (Å²) in [4.78, 5) is 0. The van der Waals surface area contributed by atoms with Crippen LogP contribution >= 0.6 is 7.92 Å². The Bertz CT molecular complexity index is 1990. The molecule has 5 rings (SSSR count). The summed E-state index contributed by atoms with van der Waals surface area (Å²) in [6, 6.07) is -8.81. The van der Waals surface area contributed by atoms with Crippen LogP contribution in [0.5, 0.6) is 0 Å². The van der Waals surface area contributed by atoms with Crippen molar-refractivity contribution < 1.29 is 125 Å². The minimum Gasteiger partial charge on any atom is -0.358 e. The molecule has 0 aliphatic heterocycles. The zero-order valence-electron chi connectivity index (χ0n) is 39.2. The summed E-state index contributed by atoms with van der Waals surface area (Å²) >= 11 is 0. The van der Waals surface area contributed by atoms with E-state index in [4.69, 9.17) is 0 Å². The number of hydrogen-bond donors (Lipinski definition) is 0. The molecule has 1 fully saturated rings. The first-order chi connectivity index (χ1) is 31.5. The normalized spacial score (nSPS) is 19.3. The average Bonchev–Trinajstić information content (AvgIpc) is 3.35. The quantitative estimate of drug-likeness (QED) is 0.0628. The fourth-order valence-corrected chi connectivity index (χ4v) is 8.46. The van der Waals surface area contributed by atoms with E-state index in [2.05, 4.69) is 54.6 Å². The summed E-state index contributed by atoms with van der Waals surface area (Å²) in [6.45, 7) is 18.7. The van der Waals surface area contributed by atoms with Gasteiger partial charge in [-0.1, -0.05) is 83.1 Å². The second-order valence-corrected chi connectivity index (χ2v) is 20.5. The predicted octanol–water partition coefficient (Wildman–Crippen LogP) is 16.2. The van der Waals surface area contributed by atoms with E-state index in [9.17, 15) is 105 Å². The van der Waals surface area contributed by atoms with Gasteiger partial charge in [-0.25, -0.2) is 0 Å². The van der Waals surface area contributed by atoms with Gasteiger partial charge in [-0.2, -0.15) is 127 Å². The first-order valence-corrected chi connectivity index (χ1v) is 23.2. The Morgan fingerprint density at radius 2 is 0.370 bits per heavy atom. The van der Waals surface area contributed by atoms with Gasteiger partial charge in [-0.15, -0.1) is 7.92 Å².